The van der Waals surface area contributed by atoms with E-state index in [9.17, 15) is 0 Å². The Bertz CT molecular complexity index is 461. The average molecular weight is 250 g/mol. The third-order valence-corrected chi connectivity index (χ3v) is 3.81. The van der Waals surface area contributed by atoms with Crippen molar-refractivity contribution in [3.63, 3.8) is 0 Å². The fourth-order valence-electron chi connectivity index (χ4n) is 1.67. The lowest BCUT2D eigenvalue weighted by Gasteiger charge is -2.05. The van der Waals surface area contributed by atoms with Crippen LogP contribution in [-0.4, -0.2) is 14.5 Å². The van der Waals surface area contributed by atoms with Gasteiger partial charge in [-0.05, 0) is 13.3 Å². The summed E-state index contributed by atoms with van der Waals surface area (Å²) in [6, 6.07) is 0. The summed E-state index contributed by atoms with van der Waals surface area (Å²) in [6.07, 6.45) is 6.82. The largest absolute Gasteiger partial charge is 0.334 e. The van der Waals surface area contributed by atoms with Gasteiger partial charge >= 0.3 is 0 Å². The second-order valence-electron chi connectivity index (χ2n) is 3.85. The topological polar surface area (TPSA) is 42.7 Å². The molecule has 0 radical (unpaired) electrons. The molecule has 4 nitrogen and oxygen atoms in total. The normalized spacial score (nSPS) is 10.9. The predicted molar refractivity (Wildman–Crippen MR) is 69.9 cm³/mol. The SMILES string of the molecule is CCc1cnc(CNCc2cncn2CC)s1. The first-order valence-electron chi connectivity index (χ1n) is 5.96. The second kappa shape index (κ2) is 5.93. The molecule has 0 aliphatic heterocycles. The van der Waals surface area contributed by atoms with Gasteiger partial charge in [0.1, 0.15) is 5.01 Å². The Hall–Kier alpha value is -1.20. The maximum Gasteiger partial charge on any atom is 0.107 e. The Labute approximate surface area is 106 Å². The van der Waals surface area contributed by atoms with Crippen molar-refractivity contribution in [2.45, 2.75) is 39.9 Å². The first-order valence-corrected chi connectivity index (χ1v) is 6.78. The summed E-state index contributed by atoms with van der Waals surface area (Å²) in [7, 11) is 0. The zero-order valence-electron chi connectivity index (χ0n) is 10.3. The van der Waals surface area contributed by atoms with Gasteiger partial charge in [-0.1, -0.05) is 6.92 Å². The van der Waals surface area contributed by atoms with Crippen molar-refractivity contribution in [1.82, 2.24) is 19.9 Å². The first kappa shape index (κ1) is 12.3. The average Bonchev–Trinajstić information content (AvgIpc) is 2.97. The molecular formula is C12H18N4S. The molecule has 2 rings (SSSR count). The molecule has 0 aromatic carbocycles. The van der Waals surface area contributed by atoms with E-state index in [2.05, 4.69) is 33.7 Å². The van der Waals surface area contributed by atoms with Crippen LogP contribution >= 0.6 is 11.3 Å². The predicted octanol–water partition coefficient (Wildman–Crippen LogP) is 2.21. The molecule has 0 saturated heterocycles. The summed E-state index contributed by atoms with van der Waals surface area (Å²) < 4.78 is 2.15. The maximum atomic E-state index is 4.38. The first-order chi connectivity index (χ1) is 8.33. The fraction of sp³-hybridized carbons (Fsp3) is 0.500. The van der Waals surface area contributed by atoms with E-state index in [4.69, 9.17) is 0 Å². The Balaban J connectivity index is 1.83. The van der Waals surface area contributed by atoms with Crippen LogP contribution in [0.2, 0.25) is 0 Å². The zero-order valence-corrected chi connectivity index (χ0v) is 11.1. The minimum atomic E-state index is 0.833. The number of hydrogen-bond donors (Lipinski definition) is 1. The highest BCUT2D eigenvalue weighted by atomic mass is 32.1. The molecule has 0 saturated carbocycles. The molecule has 0 fully saturated rings. The van der Waals surface area contributed by atoms with Crippen LogP contribution in [0.25, 0.3) is 0 Å². The number of imidazole rings is 1. The molecule has 17 heavy (non-hydrogen) atoms. The number of nitrogens with one attached hydrogen (secondary N) is 1. The van der Waals surface area contributed by atoms with E-state index in [0.29, 0.717) is 0 Å². The number of hydrogen-bond acceptors (Lipinski definition) is 4. The van der Waals surface area contributed by atoms with Gasteiger partial charge in [0, 0.05) is 36.9 Å². The molecule has 1 N–H and O–H groups in total. The van der Waals surface area contributed by atoms with Gasteiger partial charge in [0.15, 0.2) is 0 Å². The van der Waals surface area contributed by atoms with E-state index in [1.807, 2.05) is 18.7 Å². The van der Waals surface area contributed by atoms with Crippen LogP contribution < -0.4 is 5.32 Å². The highest BCUT2D eigenvalue weighted by molar-refractivity contribution is 7.11. The van der Waals surface area contributed by atoms with Crippen LogP contribution in [0.5, 0.6) is 0 Å². The molecule has 0 aliphatic rings. The molecule has 0 unspecified atom stereocenters. The zero-order chi connectivity index (χ0) is 12.1. The lowest BCUT2D eigenvalue weighted by molar-refractivity contribution is 0.627. The van der Waals surface area contributed by atoms with Crippen molar-refractivity contribution in [1.29, 1.82) is 0 Å². The van der Waals surface area contributed by atoms with Crippen LogP contribution in [0, 0.1) is 0 Å². The molecule has 5 heteroatoms. The van der Waals surface area contributed by atoms with E-state index < -0.39 is 0 Å². The van der Waals surface area contributed by atoms with Gasteiger partial charge in [0.05, 0.1) is 12.0 Å². The molecule has 0 amide bonds. The van der Waals surface area contributed by atoms with Crippen molar-refractivity contribution >= 4 is 11.3 Å². The molecule has 0 spiro atoms. The minimum Gasteiger partial charge on any atom is -0.334 e. The number of rotatable bonds is 6. The third kappa shape index (κ3) is 3.14. The van der Waals surface area contributed by atoms with Crippen molar-refractivity contribution in [2.24, 2.45) is 0 Å². The lowest BCUT2D eigenvalue weighted by Crippen LogP contribution is -2.15. The Morgan fingerprint density at radius 1 is 1.29 bits per heavy atom. The van der Waals surface area contributed by atoms with Crippen molar-refractivity contribution in [2.75, 3.05) is 0 Å². The second-order valence-corrected chi connectivity index (χ2v) is 5.05. The number of nitrogens with zero attached hydrogens (tertiary/aromatic N) is 3. The Morgan fingerprint density at radius 2 is 2.18 bits per heavy atom. The van der Waals surface area contributed by atoms with Crippen molar-refractivity contribution in [3.05, 3.63) is 34.3 Å². The third-order valence-electron chi connectivity index (χ3n) is 2.67. The standard InChI is InChI=1S/C12H18N4S/c1-3-11-7-15-12(17-11)8-13-5-10-6-14-9-16(10)4-2/h6-7,9,13H,3-5,8H2,1-2H3. The highest BCUT2D eigenvalue weighted by Crippen LogP contribution is 2.13. The number of thiazole rings is 1. The fourth-order valence-corrected chi connectivity index (χ4v) is 2.50. The van der Waals surface area contributed by atoms with Gasteiger partial charge in [-0.3, -0.25) is 0 Å². The van der Waals surface area contributed by atoms with Crippen LogP contribution in [0.4, 0.5) is 0 Å². The van der Waals surface area contributed by atoms with Gasteiger partial charge in [0.2, 0.25) is 0 Å². The van der Waals surface area contributed by atoms with Crippen molar-refractivity contribution in [3.8, 4) is 0 Å². The summed E-state index contributed by atoms with van der Waals surface area (Å²) >= 11 is 1.78. The highest BCUT2D eigenvalue weighted by Gasteiger charge is 2.02. The Morgan fingerprint density at radius 3 is 2.88 bits per heavy atom. The van der Waals surface area contributed by atoms with E-state index in [0.717, 1.165) is 31.1 Å². The molecule has 0 atom stereocenters. The molecule has 2 aromatic rings. The van der Waals surface area contributed by atoms with E-state index in [-0.39, 0.29) is 0 Å². The number of aryl methyl sites for hydroxylation is 2. The van der Waals surface area contributed by atoms with Crippen LogP contribution in [-0.2, 0) is 26.1 Å². The van der Waals surface area contributed by atoms with Crippen LogP contribution in [0.15, 0.2) is 18.7 Å². The smallest absolute Gasteiger partial charge is 0.107 e. The molecule has 2 heterocycles. The molecular weight excluding hydrogens is 232 g/mol. The Kier molecular flexibility index (Phi) is 4.28. The molecule has 0 aliphatic carbocycles. The van der Waals surface area contributed by atoms with E-state index in [1.165, 1.54) is 10.6 Å². The number of aromatic nitrogens is 3. The van der Waals surface area contributed by atoms with Gasteiger partial charge < -0.3 is 9.88 Å². The van der Waals surface area contributed by atoms with Gasteiger partial charge in [0.25, 0.3) is 0 Å². The molecule has 2 aromatic heterocycles. The quantitative estimate of drug-likeness (QED) is 0.854. The van der Waals surface area contributed by atoms with Gasteiger partial charge in [-0.15, -0.1) is 11.3 Å². The van der Waals surface area contributed by atoms with Crippen LogP contribution in [0.3, 0.4) is 0 Å². The lowest BCUT2D eigenvalue weighted by atomic mass is 10.4. The summed E-state index contributed by atoms with van der Waals surface area (Å²) in [4.78, 5) is 9.88. The monoisotopic (exact) mass is 250 g/mol. The summed E-state index contributed by atoms with van der Waals surface area (Å²) in [6.45, 7) is 6.92. The van der Waals surface area contributed by atoms with E-state index >= 15 is 0 Å². The van der Waals surface area contributed by atoms with E-state index in [1.54, 1.807) is 11.3 Å². The van der Waals surface area contributed by atoms with Crippen LogP contribution in [0.1, 0.15) is 29.4 Å². The molecule has 0 bridgehead atoms. The summed E-state index contributed by atoms with van der Waals surface area (Å²) in [5.41, 5.74) is 1.22. The van der Waals surface area contributed by atoms with Crippen molar-refractivity contribution < 1.29 is 0 Å². The van der Waals surface area contributed by atoms with Gasteiger partial charge in [-0.25, -0.2) is 9.97 Å². The van der Waals surface area contributed by atoms with Gasteiger partial charge in [-0.2, -0.15) is 0 Å². The summed E-state index contributed by atoms with van der Waals surface area (Å²) in [5.74, 6) is 0. The minimum absolute atomic E-state index is 0.833. The summed E-state index contributed by atoms with van der Waals surface area (Å²) in [5, 5.41) is 4.56. The maximum absolute atomic E-state index is 4.38. The molecule has 92 valence electrons.